The van der Waals surface area contributed by atoms with E-state index in [1.807, 2.05) is 24.3 Å². The van der Waals surface area contributed by atoms with E-state index < -0.39 is 0 Å². The fourth-order valence-corrected chi connectivity index (χ4v) is 3.54. The Balaban J connectivity index is 1.49. The van der Waals surface area contributed by atoms with Gasteiger partial charge in [-0.05, 0) is 40.8 Å². The van der Waals surface area contributed by atoms with Crippen LogP contribution in [0.25, 0.3) is 11.4 Å². The van der Waals surface area contributed by atoms with E-state index in [1.54, 1.807) is 30.0 Å². The molecule has 4 rings (SSSR count). The van der Waals surface area contributed by atoms with Gasteiger partial charge >= 0.3 is 0 Å². The van der Waals surface area contributed by atoms with Crippen LogP contribution in [0.4, 0.5) is 5.69 Å². The molecule has 12 heteroatoms. The number of halogens is 1. The Kier molecular flexibility index (Phi) is 5.91. The van der Waals surface area contributed by atoms with Crippen molar-refractivity contribution in [2.75, 3.05) is 18.2 Å². The summed E-state index contributed by atoms with van der Waals surface area (Å²) >= 11 is 7.29. The molecule has 4 aromatic rings. The van der Waals surface area contributed by atoms with Crippen LogP contribution in [-0.4, -0.2) is 53.7 Å². The molecule has 2 aromatic carbocycles. The van der Waals surface area contributed by atoms with Gasteiger partial charge in [0.25, 0.3) is 0 Å². The summed E-state index contributed by atoms with van der Waals surface area (Å²) in [6.45, 7) is 0. The third kappa shape index (κ3) is 4.26. The Bertz CT molecular complexity index is 1160. The molecule has 2 aromatic heterocycles. The smallest absolute Gasteiger partial charge is 0.234 e. The second-order valence-electron chi connectivity index (χ2n) is 5.88. The highest BCUT2D eigenvalue weighted by atomic mass is 35.5. The molecule has 0 unspecified atom stereocenters. The molecule has 0 spiro atoms. The van der Waals surface area contributed by atoms with Crippen molar-refractivity contribution in [2.24, 2.45) is 0 Å². The monoisotopic (exact) mass is 442 g/mol. The second-order valence-corrected chi connectivity index (χ2v) is 7.26. The molecule has 0 saturated heterocycles. The summed E-state index contributed by atoms with van der Waals surface area (Å²) in [5.41, 5.74) is 1.84. The van der Waals surface area contributed by atoms with Crippen molar-refractivity contribution < 1.29 is 9.53 Å². The molecular formula is C18H15ClN8O2S. The lowest BCUT2D eigenvalue weighted by atomic mass is 10.2. The van der Waals surface area contributed by atoms with Gasteiger partial charge in [-0.2, -0.15) is 9.78 Å². The standard InChI is InChI=1S/C18H15ClN8O2S/c1-29-16-5-3-2-4-15(16)27-18(23-24-25-27)30-9-17(28)22-13-8-12(19)6-7-14(13)26-11-20-10-21-26/h2-8,10-11H,9H2,1H3,(H,22,28). The molecule has 1 amide bonds. The van der Waals surface area contributed by atoms with E-state index in [9.17, 15) is 4.79 Å². The maximum Gasteiger partial charge on any atom is 0.234 e. The van der Waals surface area contributed by atoms with E-state index in [4.69, 9.17) is 16.3 Å². The highest BCUT2D eigenvalue weighted by molar-refractivity contribution is 7.99. The minimum absolute atomic E-state index is 0.0822. The third-order valence-corrected chi connectivity index (χ3v) is 5.14. The molecule has 1 N–H and O–H groups in total. The molecule has 0 aliphatic rings. The zero-order valence-corrected chi connectivity index (χ0v) is 17.2. The number of hydrogen-bond acceptors (Lipinski definition) is 8. The molecule has 0 aliphatic heterocycles. The average molecular weight is 443 g/mol. The number of nitrogens with zero attached hydrogens (tertiary/aromatic N) is 7. The summed E-state index contributed by atoms with van der Waals surface area (Å²) in [6, 6.07) is 12.5. The lowest BCUT2D eigenvalue weighted by Crippen LogP contribution is -2.16. The number of aromatic nitrogens is 7. The predicted octanol–water partition coefficient (Wildman–Crippen LogP) is 2.64. The Morgan fingerprint density at radius 3 is 2.90 bits per heavy atom. The van der Waals surface area contributed by atoms with E-state index in [1.165, 1.54) is 29.1 Å². The lowest BCUT2D eigenvalue weighted by molar-refractivity contribution is -0.113. The second kappa shape index (κ2) is 8.93. The van der Waals surface area contributed by atoms with Crippen LogP contribution in [0.15, 0.2) is 60.3 Å². The van der Waals surface area contributed by atoms with Gasteiger partial charge in [0.05, 0.1) is 24.2 Å². The summed E-state index contributed by atoms with van der Waals surface area (Å²) in [7, 11) is 1.57. The molecule has 152 valence electrons. The summed E-state index contributed by atoms with van der Waals surface area (Å²) in [4.78, 5) is 16.5. The molecular weight excluding hydrogens is 428 g/mol. The van der Waals surface area contributed by atoms with Gasteiger partial charge < -0.3 is 10.1 Å². The topological polar surface area (TPSA) is 113 Å². The van der Waals surface area contributed by atoms with Gasteiger partial charge in [-0.15, -0.1) is 5.10 Å². The van der Waals surface area contributed by atoms with Crippen LogP contribution in [0.3, 0.4) is 0 Å². The van der Waals surface area contributed by atoms with Crippen LogP contribution in [0.1, 0.15) is 0 Å². The van der Waals surface area contributed by atoms with E-state index in [-0.39, 0.29) is 11.7 Å². The SMILES string of the molecule is COc1ccccc1-n1nnnc1SCC(=O)Nc1cc(Cl)ccc1-n1cncn1. The van der Waals surface area contributed by atoms with E-state index in [0.717, 1.165) is 0 Å². The Hall–Kier alpha value is -3.44. The first-order valence-electron chi connectivity index (χ1n) is 8.64. The number of ether oxygens (including phenoxy) is 1. The number of thioether (sulfide) groups is 1. The number of tetrazole rings is 1. The van der Waals surface area contributed by atoms with Gasteiger partial charge in [0.2, 0.25) is 11.1 Å². The number of carbonyl (C=O) groups excluding carboxylic acids is 1. The maximum atomic E-state index is 12.6. The van der Waals surface area contributed by atoms with Crippen LogP contribution in [0.5, 0.6) is 5.75 Å². The summed E-state index contributed by atoms with van der Waals surface area (Å²) < 4.78 is 8.43. The number of nitrogens with one attached hydrogen (secondary N) is 1. The number of amides is 1. The van der Waals surface area contributed by atoms with Crippen LogP contribution in [-0.2, 0) is 4.79 Å². The van der Waals surface area contributed by atoms with Crippen molar-refractivity contribution in [3.8, 4) is 17.1 Å². The fraction of sp³-hybridized carbons (Fsp3) is 0.111. The third-order valence-electron chi connectivity index (χ3n) is 3.98. The van der Waals surface area contributed by atoms with Crippen molar-refractivity contribution in [3.05, 3.63) is 60.1 Å². The normalized spacial score (nSPS) is 10.7. The Labute approximate surface area is 180 Å². The Morgan fingerprint density at radius 2 is 2.10 bits per heavy atom. The van der Waals surface area contributed by atoms with Crippen molar-refractivity contribution >= 4 is 35.0 Å². The molecule has 0 bridgehead atoms. The van der Waals surface area contributed by atoms with Gasteiger partial charge in [0.1, 0.15) is 24.1 Å². The number of anilines is 1. The van der Waals surface area contributed by atoms with Crippen LogP contribution >= 0.6 is 23.4 Å². The van der Waals surface area contributed by atoms with Crippen LogP contribution < -0.4 is 10.1 Å². The molecule has 30 heavy (non-hydrogen) atoms. The van der Waals surface area contributed by atoms with Crippen LogP contribution in [0, 0.1) is 0 Å². The first-order valence-corrected chi connectivity index (χ1v) is 10.0. The number of para-hydroxylation sites is 2. The molecule has 0 fully saturated rings. The molecule has 0 radical (unpaired) electrons. The largest absolute Gasteiger partial charge is 0.494 e. The minimum Gasteiger partial charge on any atom is -0.494 e. The summed E-state index contributed by atoms with van der Waals surface area (Å²) in [5.74, 6) is 0.449. The predicted molar refractivity (Wildman–Crippen MR) is 111 cm³/mol. The maximum absolute atomic E-state index is 12.6. The lowest BCUT2D eigenvalue weighted by Gasteiger charge is -2.11. The summed E-state index contributed by atoms with van der Waals surface area (Å²) in [5, 5.41) is 19.6. The highest BCUT2D eigenvalue weighted by Crippen LogP contribution is 2.27. The van der Waals surface area contributed by atoms with E-state index in [2.05, 4.69) is 30.9 Å². The molecule has 10 nitrogen and oxygen atoms in total. The average Bonchev–Trinajstić information content (AvgIpc) is 3.44. The van der Waals surface area contributed by atoms with Gasteiger partial charge in [-0.25, -0.2) is 9.67 Å². The van der Waals surface area contributed by atoms with Gasteiger partial charge in [-0.3, -0.25) is 4.79 Å². The first kappa shape index (κ1) is 19.9. The first-order chi connectivity index (χ1) is 14.7. The number of benzene rings is 2. The van der Waals surface area contributed by atoms with Gasteiger partial charge in [0, 0.05) is 5.02 Å². The number of methoxy groups -OCH3 is 1. The molecule has 0 aliphatic carbocycles. The van der Waals surface area contributed by atoms with Gasteiger partial charge in [-0.1, -0.05) is 35.5 Å². The molecule has 0 atom stereocenters. The molecule has 0 saturated carbocycles. The van der Waals surface area contributed by atoms with Crippen molar-refractivity contribution in [2.45, 2.75) is 5.16 Å². The highest BCUT2D eigenvalue weighted by Gasteiger charge is 2.16. The number of carbonyl (C=O) groups is 1. The minimum atomic E-state index is -0.252. The quantitative estimate of drug-likeness (QED) is 0.434. The fourth-order valence-electron chi connectivity index (χ4n) is 2.68. The van der Waals surface area contributed by atoms with Crippen LogP contribution in [0.2, 0.25) is 5.02 Å². The zero-order valence-electron chi connectivity index (χ0n) is 15.6. The molecule has 2 heterocycles. The Morgan fingerprint density at radius 1 is 1.23 bits per heavy atom. The summed E-state index contributed by atoms with van der Waals surface area (Å²) in [6.07, 6.45) is 2.95. The zero-order chi connectivity index (χ0) is 20.9. The number of hydrogen-bond donors (Lipinski definition) is 1. The van der Waals surface area contributed by atoms with Crippen molar-refractivity contribution in [1.82, 2.24) is 35.0 Å². The van der Waals surface area contributed by atoms with E-state index >= 15 is 0 Å². The van der Waals surface area contributed by atoms with Gasteiger partial charge in [0.15, 0.2) is 0 Å². The van der Waals surface area contributed by atoms with Crippen molar-refractivity contribution in [3.63, 3.8) is 0 Å². The van der Waals surface area contributed by atoms with Crippen molar-refractivity contribution in [1.29, 1.82) is 0 Å². The van der Waals surface area contributed by atoms with E-state index in [0.29, 0.717) is 33.0 Å². The number of rotatable bonds is 7.